The number of carbonyl (C=O) groups is 1. The van der Waals surface area contributed by atoms with Crippen LogP contribution in [0.3, 0.4) is 0 Å². The maximum absolute atomic E-state index is 12.1. The molecule has 1 rings (SSSR count). The highest BCUT2D eigenvalue weighted by atomic mass is 35.5. The Morgan fingerprint density at radius 3 is 2.57 bits per heavy atom. The molecule has 0 saturated carbocycles. The molecule has 1 aromatic carbocycles. The van der Waals surface area contributed by atoms with Gasteiger partial charge >= 0.3 is 0 Å². The van der Waals surface area contributed by atoms with Crippen LogP contribution in [0.25, 0.3) is 0 Å². The van der Waals surface area contributed by atoms with Gasteiger partial charge in [0, 0.05) is 11.4 Å². The van der Waals surface area contributed by atoms with Crippen LogP contribution in [0, 0.1) is 11.8 Å². The molecule has 0 bridgehead atoms. The van der Waals surface area contributed by atoms with Gasteiger partial charge in [0.05, 0.1) is 6.04 Å². The lowest BCUT2D eigenvalue weighted by Gasteiger charge is -2.20. The predicted octanol–water partition coefficient (Wildman–Crippen LogP) is 3.92. The van der Waals surface area contributed by atoms with E-state index in [-0.39, 0.29) is 11.9 Å². The van der Waals surface area contributed by atoms with Gasteiger partial charge in [-0.1, -0.05) is 37.6 Å². The first kappa shape index (κ1) is 18.0. The summed E-state index contributed by atoms with van der Waals surface area (Å²) >= 11 is 5.97. The normalized spacial score (nSPS) is 14.0. The van der Waals surface area contributed by atoms with Crippen molar-refractivity contribution in [2.24, 2.45) is 17.6 Å². The van der Waals surface area contributed by atoms with Gasteiger partial charge in [-0.05, 0) is 55.8 Å². The van der Waals surface area contributed by atoms with E-state index in [1.807, 2.05) is 31.2 Å². The summed E-state index contributed by atoms with van der Waals surface area (Å²) in [5.41, 5.74) is 6.66. The summed E-state index contributed by atoms with van der Waals surface area (Å²) < 4.78 is 0. The number of rotatable bonds is 8. The minimum atomic E-state index is -0.0248. The molecular weight excluding hydrogens is 284 g/mol. The molecule has 118 valence electrons. The molecule has 0 radical (unpaired) electrons. The van der Waals surface area contributed by atoms with E-state index in [0.717, 1.165) is 18.4 Å². The molecule has 0 fully saturated rings. The Kier molecular flexibility index (Phi) is 7.76. The van der Waals surface area contributed by atoms with E-state index in [1.54, 1.807) is 0 Å². The summed E-state index contributed by atoms with van der Waals surface area (Å²) in [6, 6.07) is 7.57. The maximum atomic E-state index is 12.1. The Labute approximate surface area is 133 Å². The molecule has 1 amide bonds. The van der Waals surface area contributed by atoms with E-state index >= 15 is 0 Å². The van der Waals surface area contributed by atoms with E-state index in [4.69, 9.17) is 17.3 Å². The van der Waals surface area contributed by atoms with Crippen LogP contribution >= 0.6 is 11.6 Å². The third-order valence-electron chi connectivity index (χ3n) is 3.95. The number of benzene rings is 1. The lowest BCUT2D eigenvalue weighted by Crippen LogP contribution is -2.27. The van der Waals surface area contributed by atoms with Crippen molar-refractivity contribution in [2.75, 3.05) is 6.54 Å². The highest BCUT2D eigenvalue weighted by Gasteiger charge is 2.16. The van der Waals surface area contributed by atoms with Gasteiger partial charge in [-0.2, -0.15) is 0 Å². The summed E-state index contributed by atoms with van der Waals surface area (Å²) in [6.07, 6.45) is 2.42. The fraction of sp³-hybridized carbons (Fsp3) is 0.588. The van der Waals surface area contributed by atoms with Crippen molar-refractivity contribution in [1.82, 2.24) is 5.32 Å². The summed E-state index contributed by atoms with van der Waals surface area (Å²) in [4.78, 5) is 12.1. The van der Waals surface area contributed by atoms with Crippen LogP contribution in [-0.4, -0.2) is 12.5 Å². The average Bonchev–Trinajstić information content (AvgIpc) is 2.43. The summed E-state index contributed by atoms with van der Waals surface area (Å²) in [7, 11) is 0. The second kappa shape index (κ2) is 9.06. The Morgan fingerprint density at radius 2 is 2.00 bits per heavy atom. The molecule has 0 heterocycles. The Hall–Kier alpha value is -1.06. The summed E-state index contributed by atoms with van der Waals surface area (Å²) in [6.45, 7) is 7.03. The zero-order valence-electron chi connectivity index (χ0n) is 13.2. The van der Waals surface area contributed by atoms with Gasteiger partial charge in [0.2, 0.25) is 5.91 Å². The highest BCUT2D eigenvalue weighted by Crippen LogP contribution is 2.21. The molecule has 0 spiro atoms. The minimum absolute atomic E-state index is 0.0248. The second-order valence-corrected chi connectivity index (χ2v) is 6.40. The molecule has 0 aliphatic carbocycles. The van der Waals surface area contributed by atoms with Gasteiger partial charge < -0.3 is 11.1 Å². The number of halogens is 1. The van der Waals surface area contributed by atoms with Crippen LogP contribution in [-0.2, 0) is 4.79 Å². The molecule has 1 aromatic rings. The Morgan fingerprint density at radius 1 is 1.29 bits per heavy atom. The Balaban J connectivity index is 2.46. The molecule has 4 heteroatoms. The van der Waals surface area contributed by atoms with Gasteiger partial charge in [0.25, 0.3) is 0 Å². The summed E-state index contributed by atoms with van der Waals surface area (Å²) in [5, 5.41) is 3.72. The fourth-order valence-corrected chi connectivity index (χ4v) is 2.71. The lowest BCUT2D eigenvalue weighted by atomic mass is 9.88. The SMILES string of the molecule is CC(C)C(CCN)CCC(=O)N[C@H](C)c1cccc(Cl)c1. The molecular formula is C17H27ClN2O. The average molecular weight is 311 g/mol. The van der Waals surface area contributed by atoms with Crippen molar-refractivity contribution in [3.63, 3.8) is 0 Å². The van der Waals surface area contributed by atoms with Gasteiger partial charge in [0.15, 0.2) is 0 Å². The molecule has 2 atom stereocenters. The molecule has 0 aliphatic heterocycles. The van der Waals surface area contributed by atoms with E-state index in [1.165, 1.54) is 0 Å². The van der Waals surface area contributed by atoms with Crippen LogP contribution in [0.2, 0.25) is 5.02 Å². The van der Waals surface area contributed by atoms with Crippen LogP contribution in [0.5, 0.6) is 0 Å². The number of hydrogen-bond donors (Lipinski definition) is 2. The molecule has 3 nitrogen and oxygen atoms in total. The zero-order valence-corrected chi connectivity index (χ0v) is 14.0. The third-order valence-corrected chi connectivity index (χ3v) is 4.18. The summed E-state index contributed by atoms with van der Waals surface area (Å²) in [5.74, 6) is 1.17. The smallest absolute Gasteiger partial charge is 0.220 e. The molecule has 1 unspecified atom stereocenters. The lowest BCUT2D eigenvalue weighted by molar-refractivity contribution is -0.122. The number of nitrogens with one attached hydrogen (secondary N) is 1. The van der Waals surface area contributed by atoms with E-state index in [9.17, 15) is 4.79 Å². The molecule has 0 saturated heterocycles. The van der Waals surface area contributed by atoms with Gasteiger partial charge in [-0.3, -0.25) is 4.79 Å². The van der Waals surface area contributed by atoms with Gasteiger partial charge in [-0.15, -0.1) is 0 Å². The fourth-order valence-electron chi connectivity index (χ4n) is 2.51. The molecule has 3 N–H and O–H groups in total. The van der Waals surface area contributed by atoms with E-state index in [2.05, 4.69) is 19.2 Å². The minimum Gasteiger partial charge on any atom is -0.350 e. The van der Waals surface area contributed by atoms with Crippen LogP contribution in [0.4, 0.5) is 0 Å². The predicted molar refractivity (Wildman–Crippen MR) is 89.2 cm³/mol. The maximum Gasteiger partial charge on any atom is 0.220 e. The van der Waals surface area contributed by atoms with Crippen LogP contribution in [0.1, 0.15) is 51.6 Å². The number of carbonyl (C=O) groups excluding carboxylic acids is 1. The van der Waals surface area contributed by atoms with Crippen molar-refractivity contribution < 1.29 is 4.79 Å². The standard InChI is InChI=1S/C17H27ClN2O/c1-12(2)14(9-10-19)7-8-17(21)20-13(3)15-5-4-6-16(18)11-15/h4-6,11-14H,7-10,19H2,1-3H3,(H,20,21)/t13-,14?/m1/s1. The molecule has 21 heavy (non-hydrogen) atoms. The third kappa shape index (κ3) is 6.49. The van der Waals surface area contributed by atoms with Gasteiger partial charge in [-0.25, -0.2) is 0 Å². The molecule has 0 aromatic heterocycles. The van der Waals surface area contributed by atoms with Crippen LogP contribution < -0.4 is 11.1 Å². The van der Waals surface area contributed by atoms with Crippen LogP contribution in [0.15, 0.2) is 24.3 Å². The quantitative estimate of drug-likeness (QED) is 0.764. The van der Waals surface area contributed by atoms with Crippen molar-refractivity contribution >= 4 is 17.5 Å². The van der Waals surface area contributed by atoms with Gasteiger partial charge in [0.1, 0.15) is 0 Å². The monoisotopic (exact) mass is 310 g/mol. The highest BCUT2D eigenvalue weighted by molar-refractivity contribution is 6.30. The second-order valence-electron chi connectivity index (χ2n) is 5.96. The first-order valence-corrected chi connectivity index (χ1v) is 8.06. The van der Waals surface area contributed by atoms with Crippen molar-refractivity contribution in [2.45, 2.75) is 46.1 Å². The largest absolute Gasteiger partial charge is 0.350 e. The zero-order chi connectivity index (χ0) is 15.8. The first-order valence-electron chi connectivity index (χ1n) is 7.69. The topological polar surface area (TPSA) is 55.1 Å². The van der Waals surface area contributed by atoms with Crippen molar-refractivity contribution in [3.8, 4) is 0 Å². The van der Waals surface area contributed by atoms with Crippen molar-refractivity contribution in [1.29, 1.82) is 0 Å². The van der Waals surface area contributed by atoms with E-state index < -0.39 is 0 Å². The Bertz CT molecular complexity index is 448. The first-order chi connectivity index (χ1) is 9.93. The number of hydrogen-bond acceptors (Lipinski definition) is 2. The molecule has 0 aliphatic rings. The van der Waals surface area contributed by atoms with Crippen molar-refractivity contribution in [3.05, 3.63) is 34.9 Å². The number of nitrogens with two attached hydrogens (primary N) is 1. The van der Waals surface area contributed by atoms with E-state index in [0.29, 0.717) is 29.8 Å². The number of amides is 1.